The first kappa shape index (κ1) is 21.9. The van der Waals surface area contributed by atoms with Crippen LogP contribution in [0.25, 0.3) is 0 Å². The molecule has 11 heteroatoms. The van der Waals surface area contributed by atoms with Crippen LogP contribution in [0.5, 0.6) is 0 Å². The van der Waals surface area contributed by atoms with Crippen molar-refractivity contribution in [2.45, 2.75) is 0 Å². The number of ether oxygens (including phenoxy) is 1. The second kappa shape index (κ2) is 9.80. The number of non-ortho nitro benzene ring substituents is 1. The summed E-state index contributed by atoms with van der Waals surface area (Å²) in [4.78, 5) is 33.1. The average Bonchev–Trinajstić information content (AvgIpc) is 2.79. The van der Waals surface area contributed by atoms with Crippen molar-refractivity contribution in [2.75, 3.05) is 17.8 Å². The van der Waals surface area contributed by atoms with Gasteiger partial charge in [0.2, 0.25) is 0 Å². The molecule has 0 aliphatic carbocycles. The van der Waals surface area contributed by atoms with Crippen LogP contribution >= 0.6 is 0 Å². The Hall–Kier alpha value is -4.80. The first-order valence-electron chi connectivity index (χ1n) is 9.19. The molecule has 11 nitrogen and oxygen atoms in total. The molecule has 162 valence electrons. The molecule has 3 aromatic carbocycles. The van der Waals surface area contributed by atoms with E-state index in [4.69, 9.17) is 10.5 Å². The van der Waals surface area contributed by atoms with Crippen LogP contribution in [0.15, 0.2) is 77.9 Å². The number of carbonyl (C=O) groups is 1. The number of nitro benzene ring substituents is 2. The highest BCUT2D eigenvalue weighted by Crippen LogP contribution is 2.29. The van der Waals surface area contributed by atoms with Crippen LogP contribution in [0.4, 0.5) is 22.7 Å². The lowest BCUT2D eigenvalue weighted by molar-refractivity contribution is -0.393. The summed E-state index contributed by atoms with van der Waals surface area (Å²) in [6, 6.07) is 18.3. The molecule has 3 N–H and O–H groups in total. The van der Waals surface area contributed by atoms with Crippen molar-refractivity contribution in [3.8, 4) is 0 Å². The Kier molecular flexibility index (Phi) is 6.71. The van der Waals surface area contributed by atoms with Crippen LogP contribution in [-0.2, 0) is 4.74 Å². The Balaban J connectivity index is 1.87. The minimum Gasteiger partial charge on any atom is -0.455 e. The highest BCUT2D eigenvalue weighted by Gasteiger charge is 2.20. The first-order chi connectivity index (χ1) is 15.4. The topological polar surface area (TPSA) is 163 Å². The van der Waals surface area contributed by atoms with Gasteiger partial charge in [-0.05, 0) is 18.2 Å². The molecule has 3 aromatic rings. The molecule has 0 saturated carbocycles. The minimum atomic E-state index is -0.759. The molecule has 0 amide bonds. The van der Waals surface area contributed by atoms with Gasteiger partial charge in [-0.25, -0.2) is 4.79 Å². The number of hydrogen-bond acceptors (Lipinski definition) is 9. The Morgan fingerprint density at radius 3 is 2.31 bits per heavy atom. The second-order valence-corrected chi connectivity index (χ2v) is 6.42. The number of nitrogens with zero attached hydrogens (tertiary/aromatic N) is 3. The standard InChI is InChI=1S/C21H17N5O6/c22-17-9-5-4-8-16(17)21(27)32-13-19(14-6-2-1-3-7-14)24-23-18-11-10-15(25(28)29)12-20(18)26(30)31/h1-12,23H,13,22H2/b24-19-. The van der Waals surface area contributed by atoms with Gasteiger partial charge in [-0.15, -0.1) is 0 Å². The summed E-state index contributed by atoms with van der Waals surface area (Å²) in [6.07, 6.45) is 0. The molecule has 0 aromatic heterocycles. The number of carbonyl (C=O) groups excluding carboxylic acids is 1. The SMILES string of the molecule is Nc1ccccc1C(=O)OC/C(=N/Nc1ccc([N+](=O)[O-])cc1[N+](=O)[O-])c1ccccc1. The van der Waals surface area contributed by atoms with Crippen molar-refractivity contribution in [3.05, 3.63) is 104 Å². The summed E-state index contributed by atoms with van der Waals surface area (Å²) in [5.41, 5.74) is 8.64. The number of nitro groups is 2. The molecule has 32 heavy (non-hydrogen) atoms. The van der Waals surface area contributed by atoms with Crippen molar-refractivity contribution in [2.24, 2.45) is 5.10 Å². The third-order valence-corrected chi connectivity index (χ3v) is 4.33. The third-order valence-electron chi connectivity index (χ3n) is 4.33. The zero-order chi connectivity index (χ0) is 23.1. The zero-order valence-electron chi connectivity index (χ0n) is 16.5. The Morgan fingerprint density at radius 2 is 1.66 bits per heavy atom. The molecule has 0 aliphatic heterocycles. The lowest BCUT2D eigenvalue weighted by Crippen LogP contribution is -2.17. The van der Waals surface area contributed by atoms with E-state index in [1.165, 1.54) is 12.1 Å². The van der Waals surface area contributed by atoms with Gasteiger partial charge in [0.25, 0.3) is 5.69 Å². The van der Waals surface area contributed by atoms with Crippen molar-refractivity contribution in [1.29, 1.82) is 0 Å². The molecular formula is C21H17N5O6. The first-order valence-corrected chi connectivity index (χ1v) is 9.19. The number of nitrogens with one attached hydrogen (secondary N) is 1. The fraction of sp³-hybridized carbons (Fsp3) is 0.0476. The maximum atomic E-state index is 12.4. The molecule has 0 aliphatic rings. The van der Waals surface area contributed by atoms with Crippen molar-refractivity contribution < 1.29 is 19.4 Å². The molecule has 0 fully saturated rings. The number of hydrogen-bond donors (Lipinski definition) is 2. The highest BCUT2D eigenvalue weighted by atomic mass is 16.6. The number of benzene rings is 3. The number of anilines is 2. The molecule has 3 rings (SSSR count). The van der Waals surface area contributed by atoms with Crippen LogP contribution < -0.4 is 11.2 Å². The van der Waals surface area contributed by atoms with Gasteiger partial charge < -0.3 is 10.5 Å². The van der Waals surface area contributed by atoms with Gasteiger partial charge in [-0.2, -0.15) is 5.10 Å². The van der Waals surface area contributed by atoms with E-state index < -0.39 is 27.2 Å². The number of esters is 1. The number of rotatable bonds is 8. The van der Waals surface area contributed by atoms with E-state index in [0.717, 1.165) is 12.1 Å². The predicted molar refractivity (Wildman–Crippen MR) is 117 cm³/mol. The molecule has 0 atom stereocenters. The monoisotopic (exact) mass is 435 g/mol. The Labute approximate surface area is 181 Å². The summed E-state index contributed by atoms with van der Waals surface area (Å²) in [5.74, 6) is -0.659. The second-order valence-electron chi connectivity index (χ2n) is 6.42. The summed E-state index contributed by atoms with van der Waals surface area (Å²) >= 11 is 0. The van der Waals surface area contributed by atoms with Crippen LogP contribution in [0.1, 0.15) is 15.9 Å². The lowest BCUT2D eigenvalue weighted by Gasteiger charge is -2.10. The smallest absolute Gasteiger partial charge is 0.340 e. The number of nitrogen functional groups attached to an aromatic ring is 1. The Morgan fingerprint density at radius 1 is 0.969 bits per heavy atom. The largest absolute Gasteiger partial charge is 0.455 e. The number of para-hydroxylation sites is 1. The maximum absolute atomic E-state index is 12.4. The lowest BCUT2D eigenvalue weighted by atomic mass is 10.1. The molecule has 0 heterocycles. The van der Waals surface area contributed by atoms with Crippen molar-refractivity contribution in [1.82, 2.24) is 0 Å². The zero-order valence-corrected chi connectivity index (χ0v) is 16.5. The van der Waals surface area contributed by atoms with Crippen molar-refractivity contribution in [3.63, 3.8) is 0 Å². The number of hydrazone groups is 1. The number of nitrogens with two attached hydrogens (primary N) is 1. The molecule has 0 bridgehead atoms. The van der Waals surface area contributed by atoms with Gasteiger partial charge in [-0.3, -0.25) is 25.7 Å². The Bertz CT molecular complexity index is 1200. The van der Waals surface area contributed by atoms with E-state index in [0.29, 0.717) is 5.56 Å². The molecule has 0 saturated heterocycles. The normalized spacial score (nSPS) is 10.9. The van der Waals surface area contributed by atoms with E-state index >= 15 is 0 Å². The summed E-state index contributed by atoms with van der Waals surface area (Å²) in [6.45, 7) is -0.259. The quantitative estimate of drug-likeness (QED) is 0.178. The van der Waals surface area contributed by atoms with Crippen LogP contribution in [0.3, 0.4) is 0 Å². The van der Waals surface area contributed by atoms with E-state index in [1.54, 1.807) is 48.5 Å². The van der Waals surface area contributed by atoms with E-state index in [2.05, 4.69) is 10.5 Å². The van der Waals surface area contributed by atoms with Gasteiger partial charge in [0.1, 0.15) is 18.0 Å². The van der Waals surface area contributed by atoms with Gasteiger partial charge in [0.05, 0.1) is 21.5 Å². The summed E-state index contributed by atoms with van der Waals surface area (Å²) < 4.78 is 5.33. The van der Waals surface area contributed by atoms with Crippen molar-refractivity contribution >= 4 is 34.4 Å². The fourth-order valence-corrected chi connectivity index (χ4v) is 2.71. The van der Waals surface area contributed by atoms with Gasteiger partial charge in [0.15, 0.2) is 0 Å². The van der Waals surface area contributed by atoms with Crippen LogP contribution in [0, 0.1) is 20.2 Å². The third kappa shape index (κ3) is 5.21. The van der Waals surface area contributed by atoms with Crippen LogP contribution in [0.2, 0.25) is 0 Å². The minimum absolute atomic E-state index is 0.0624. The summed E-state index contributed by atoms with van der Waals surface area (Å²) in [7, 11) is 0. The van der Waals surface area contributed by atoms with Gasteiger partial charge in [-0.1, -0.05) is 42.5 Å². The summed E-state index contributed by atoms with van der Waals surface area (Å²) in [5, 5.41) is 26.4. The molecular weight excluding hydrogens is 418 g/mol. The maximum Gasteiger partial charge on any atom is 0.340 e. The molecule has 0 unspecified atom stereocenters. The predicted octanol–water partition coefficient (Wildman–Crippen LogP) is 3.76. The van der Waals surface area contributed by atoms with Gasteiger partial charge in [0, 0.05) is 17.3 Å². The van der Waals surface area contributed by atoms with E-state index in [-0.39, 0.29) is 29.3 Å². The fourth-order valence-electron chi connectivity index (χ4n) is 2.71. The van der Waals surface area contributed by atoms with Crippen LogP contribution in [-0.4, -0.2) is 28.1 Å². The molecule has 0 radical (unpaired) electrons. The van der Waals surface area contributed by atoms with E-state index in [1.807, 2.05) is 0 Å². The highest BCUT2D eigenvalue weighted by molar-refractivity contribution is 6.04. The van der Waals surface area contributed by atoms with Gasteiger partial charge >= 0.3 is 11.7 Å². The van der Waals surface area contributed by atoms with E-state index in [9.17, 15) is 25.0 Å². The average molecular weight is 435 g/mol. The molecule has 0 spiro atoms.